The van der Waals surface area contributed by atoms with Gasteiger partial charge in [-0.3, -0.25) is 4.79 Å². The molecule has 0 atom stereocenters. The summed E-state index contributed by atoms with van der Waals surface area (Å²) in [5.74, 6) is -0.702. The second-order valence-corrected chi connectivity index (χ2v) is 6.52. The zero-order chi connectivity index (χ0) is 14.5. The molecule has 2 aliphatic rings. The van der Waals surface area contributed by atoms with Crippen LogP contribution in [0, 0.1) is 17.8 Å². The van der Waals surface area contributed by atoms with Gasteiger partial charge in [-0.05, 0) is 44.4 Å². The average molecular weight is 284 g/mol. The third-order valence-corrected chi connectivity index (χ3v) is 5.03. The number of hydrogen-bond donors (Lipinski definition) is 0. The van der Waals surface area contributed by atoms with Gasteiger partial charge in [0.15, 0.2) is 0 Å². The summed E-state index contributed by atoms with van der Waals surface area (Å²) in [7, 11) is 0. The summed E-state index contributed by atoms with van der Waals surface area (Å²) in [5, 5.41) is 0. The predicted molar refractivity (Wildman–Crippen MR) is 76.6 cm³/mol. The molecule has 0 aromatic carbocycles. The molecule has 0 N–H and O–H groups in total. The van der Waals surface area contributed by atoms with Crippen LogP contribution in [-0.4, -0.2) is 5.78 Å². The molecule has 2 fully saturated rings. The highest BCUT2D eigenvalue weighted by atomic mass is 19.2. The molecule has 0 amide bonds. The Bertz CT molecular complexity index is 357. The minimum atomic E-state index is -0.545. The van der Waals surface area contributed by atoms with Crippen molar-refractivity contribution in [1.29, 1.82) is 0 Å². The third-order valence-electron chi connectivity index (χ3n) is 5.03. The molecule has 0 heterocycles. The van der Waals surface area contributed by atoms with Gasteiger partial charge in [0.1, 0.15) is 17.4 Å². The van der Waals surface area contributed by atoms with E-state index in [2.05, 4.69) is 6.92 Å². The summed E-state index contributed by atoms with van der Waals surface area (Å²) >= 11 is 0. The molecule has 0 bridgehead atoms. The fourth-order valence-electron chi connectivity index (χ4n) is 3.70. The summed E-state index contributed by atoms with van der Waals surface area (Å²) in [6.45, 7) is 2.18. The maximum atomic E-state index is 14.3. The molecule has 0 radical (unpaired) electrons. The zero-order valence-corrected chi connectivity index (χ0v) is 12.5. The summed E-state index contributed by atoms with van der Waals surface area (Å²) in [5.41, 5.74) is 0. The number of ketones is 1. The Labute approximate surface area is 120 Å². The molecule has 3 heteroatoms. The summed E-state index contributed by atoms with van der Waals surface area (Å²) < 4.78 is 28.5. The van der Waals surface area contributed by atoms with Gasteiger partial charge in [0, 0.05) is 24.7 Å². The molecule has 0 spiro atoms. The van der Waals surface area contributed by atoms with E-state index in [4.69, 9.17) is 0 Å². The van der Waals surface area contributed by atoms with Crippen molar-refractivity contribution in [3.8, 4) is 0 Å². The first-order chi connectivity index (χ1) is 9.61. The quantitative estimate of drug-likeness (QED) is 0.666. The molecule has 0 aliphatic heterocycles. The van der Waals surface area contributed by atoms with Crippen LogP contribution in [0.1, 0.15) is 71.1 Å². The lowest BCUT2D eigenvalue weighted by Gasteiger charge is -2.28. The number of halogens is 2. The van der Waals surface area contributed by atoms with Gasteiger partial charge in [0.2, 0.25) is 0 Å². The Hall–Kier alpha value is -0.730. The lowest BCUT2D eigenvalue weighted by Crippen LogP contribution is -2.19. The number of rotatable bonds is 4. The van der Waals surface area contributed by atoms with Gasteiger partial charge in [-0.2, -0.15) is 0 Å². The molecule has 0 aromatic heterocycles. The van der Waals surface area contributed by atoms with E-state index in [9.17, 15) is 13.6 Å². The summed E-state index contributed by atoms with van der Waals surface area (Å²) in [4.78, 5) is 11.2. The standard InChI is InChI=1S/C17H26F2O/c1-2-3-12-4-6-13(7-5-12)16(18)17(19)14-8-10-15(20)11-9-14/h12-14H,2-11H2,1H3/b17-16+. The molecule has 20 heavy (non-hydrogen) atoms. The molecule has 2 saturated carbocycles. The van der Waals surface area contributed by atoms with E-state index in [1.165, 1.54) is 12.8 Å². The number of carbonyl (C=O) groups excluding carboxylic acids is 1. The number of Topliss-reactive ketones (excluding diaryl/α,β-unsaturated/α-hetero) is 1. The van der Waals surface area contributed by atoms with E-state index in [1.54, 1.807) is 0 Å². The first-order valence-corrected chi connectivity index (χ1v) is 8.18. The van der Waals surface area contributed by atoms with Crippen molar-refractivity contribution in [2.45, 2.75) is 71.1 Å². The maximum Gasteiger partial charge on any atom is 0.135 e. The van der Waals surface area contributed by atoms with Crippen LogP contribution in [0.4, 0.5) is 8.78 Å². The molecule has 2 aliphatic carbocycles. The molecular formula is C17H26F2O. The van der Waals surface area contributed by atoms with Crippen LogP contribution in [-0.2, 0) is 4.79 Å². The van der Waals surface area contributed by atoms with Gasteiger partial charge < -0.3 is 0 Å². The van der Waals surface area contributed by atoms with Crippen molar-refractivity contribution in [3.63, 3.8) is 0 Å². The Kier molecular flexibility index (Phi) is 5.74. The molecule has 114 valence electrons. The molecule has 0 aromatic rings. The van der Waals surface area contributed by atoms with Crippen molar-refractivity contribution >= 4 is 5.78 Å². The predicted octanol–water partition coefficient (Wildman–Crippen LogP) is 5.50. The lowest BCUT2D eigenvalue weighted by molar-refractivity contribution is -0.120. The maximum absolute atomic E-state index is 14.3. The van der Waals surface area contributed by atoms with Crippen molar-refractivity contribution in [2.24, 2.45) is 17.8 Å². The van der Waals surface area contributed by atoms with E-state index in [1.807, 2.05) is 0 Å². The molecule has 0 saturated heterocycles. The van der Waals surface area contributed by atoms with Gasteiger partial charge in [0.25, 0.3) is 0 Å². The summed E-state index contributed by atoms with van der Waals surface area (Å²) in [6, 6.07) is 0. The third kappa shape index (κ3) is 3.89. The van der Waals surface area contributed by atoms with E-state index < -0.39 is 11.7 Å². The van der Waals surface area contributed by atoms with Crippen LogP contribution in [0.5, 0.6) is 0 Å². The Balaban J connectivity index is 1.91. The van der Waals surface area contributed by atoms with E-state index in [0.717, 1.165) is 25.7 Å². The Morgan fingerprint density at radius 1 is 0.950 bits per heavy atom. The van der Waals surface area contributed by atoms with Crippen molar-refractivity contribution < 1.29 is 13.6 Å². The van der Waals surface area contributed by atoms with Gasteiger partial charge in [-0.25, -0.2) is 8.78 Å². The van der Waals surface area contributed by atoms with Crippen molar-refractivity contribution in [2.75, 3.05) is 0 Å². The highest BCUT2D eigenvalue weighted by Crippen LogP contribution is 2.40. The first kappa shape index (κ1) is 15.7. The fourth-order valence-corrected chi connectivity index (χ4v) is 3.70. The second-order valence-electron chi connectivity index (χ2n) is 6.52. The number of allylic oxidation sites excluding steroid dienone is 2. The SMILES string of the molecule is CCCC1CCC(/C(F)=C(\F)C2CCC(=O)CC2)CC1. The highest BCUT2D eigenvalue weighted by Gasteiger charge is 2.30. The molecule has 0 unspecified atom stereocenters. The van der Waals surface area contributed by atoms with E-state index >= 15 is 0 Å². The van der Waals surface area contributed by atoms with E-state index in [-0.39, 0.29) is 17.6 Å². The highest BCUT2D eigenvalue weighted by molar-refractivity contribution is 5.79. The first-order valence-electron chi connectivity index (χ1n) is 8.18. The Morgan fingerprint density at radius 2 is 1.45 bits per heavy atom. The van der Waals surface area contributed by atoms with Crippen LogP contribution >= 0.6 is 0 Å². The second kappa shape index (κ2) is 7.33. The van der Waals surface area contributed by atoms with Crippen LogP contribution in [0.15, 0.2) is 11.7 Å². The van der Waals surface area contributed by atoms with Crippen molar-refractivity contribution in [3.05, 3.63) is 11.7 Å². The van der Waals surface area contributed by atoms with Crippen molar-refractivity contribution in [1.82, 2.24) is 0 Å². The normalized spacial score (nSPS) is 30.2. The van der Waals surface area contributed by atoms with Gasteiger partial charge in [0.05, 0.1) is 0 Å². The molecular weight excluding hydrogens is 258 g/mol. The van der Waals surface area contributed by atoms with Gasteiger partial charge in [-0.1, -0.05) is 19.8 Å². The average Bonchev–Trinajstić information content (AvgIpc) is 2.48. The Morgan fingerprint density at radius 3 is 1.95 bits per heavy atom. The number of hydrogen-bond acceptors (Lipinski definition) is 1. The van der Waals surface area contributed by atoms with Crippen LogP contribution in [0.2, 0.25) is 0 Å². The minimum Gasteiger partial charge on any atom is -0.300 e. The minimum absolute atomic E-state index is 0.189. The largest absolute Gasteiger partial charge is 0.300 e. The fraction of sp³-hybridized carbons (Fsp3) is 0.824. The van der Waals surface area contributed by atoms with Crippen LogP contribution in [0.3, 0.4) is 0 Å². The monoisotopic (exact) mass is 284 g/mol. The zero-order valence-electron chi connectivity index (χ0n) is 12.5. The topological polar surface area (TPSA) is 17.1 Å². The van der Waals surface area contributed by atoms with E-state index in [0.29, 0.717) is 31.6 Å². The van der Waals surface area contributed by atoms with Gasteiger partial charge >= 0.3 is 0 Å². The van der Waals surface area contributed by atoms with Crippen LogP contribution in [0.25, 0.3) is 0 Å². The number of carbonyl (C=O) groups is 1. The smallest absolute Gasteiger partial charge is 0.135 e. The van der Waals surface area contributed by atoms with Gasteiger partial charge in [-0.15, -0.1) is 0 Å². The molecule has 2 rings (SSSR count). The van der Waals surface area contributed by atoms with Crippen LogP contribution < -0.4 is 0 Å². The molecule has 1 nitrogen and oxygen atoms in total. The lowest BCUT2D eigenvalue weighted by atomic mass is 9.78. The summed E-state index contributed by atoms with van der Waals surface area (Å²) in [6.07, 6.45) is 7.83.